The normalized spacial score (nSPS) is 11.7. The van der Waals surface area contributed by atoms with Crippen molar-refractivity contribution in [3.8, 4) is 22.9 Å². The maximum atomic E-state index is 9.44. The van der Waals surface area contributed by atoms with E-state index >= 15 is 0 Å². The molecule has 2 aromatic carbocycles. The van der Waals surface area contributed by atoms with E-state index in [0.29, 0.717) is 0 Å². The number of fused-ring (bicyclic) bond motifs is 3. The lowest BCUT2D eigenvalue weighted by molar-refractivity contribution is 0.686. The third kappa shape index (κ3) is 3.13. The molecule has 0 aliphatic rings. The summed E-state index contributed by atoms with van der Waals surface area (Å²) in [7, 11) is 0. The number of aryl methyl sites for hydroxylation is 1. The molecule has 0 spiro atoms. The highest BCUT2D eigenvalue weighted by atomic mass is 15.3. The molecular weight excluding hydrogens is 398 g/mol. The van der Waals surface area contributed by atoms with E-state index in [0.717, 1.165) is 49.9 Å². The number of nitrogens with zero attached hydrogens (tertiary/aromatic N) is 6. The summed E-state index contributed by atoms with van der Waals surface area (Å²) < 4.78 is 1.95. The number of nitrogens with two attached hydrogens (primary N) is 1. The van der Waals surface area contributed by atoms with E-state index in [-0.39, 0.29) is 5.95 Å². The first-order chi connectivity index (χ1) is 15.4. The number of anilines is 1. The van der Waals surface area contributed by atoms with E-state index in [1.807, 2.05) is 68.0 Å². The molecule has 3 heterocycles. The number of hydrogen-bond acceptors (Lipinski definition) is 6. The molecule has 0 unspecified atom stereocenters. The summed E-state index contributed by atoms with van der Waals surface area (Å²) in [6, 6.07) is 16.4. The summed E-state index contributed by atoms with van der Waals surface area (Å²) in [6.45, 7) is 5.81. The molecule has 3 aromatic heterocycles. The largest absolute Gasteiger partial charge is 0.368 e. The molecule has 5 rings (SSSR count). The fourth-order valence-corrected chi connectivity index (χ4v) is 3.86. The van der Waals surface area contributed by atoms with Crippen LogP contribution in [-0.4, -0.2) is 24.7 Å². The number of nitriles is 1. The van der Waals surface area contributed by atoms with Crippen molar-refractivity contribution in [2.24, 2.45) is 0 Å². The van der Waals surface area contributed by atoms with Crippen LogP contribution in [0.2, 0.25) is 0 Å². The van der Waals surface area contributed by atoms with Crippen LogP contribution in [0.3, 0.4) is 0 Å². The lowest BCUT2D eigenvalue weighted by atomic mass is 9.86. The van der Waals surface area contributed by atoms with Gasteiger partial charge in [0.15, 0.2) is 0 Å². The number of rotatable bonds is 3. The lowest BCUT2D eigenvalue weighted by Gasteiger charge is -2.16. The molecule has 0 saturated carbocycles. The second kappa shape index (κ2) is 7.13. The summed E-state index contributed by atoms with van der Waals surface area (Å²) in [5.74, 6) is 0.246. The van der Waals surface area contributed by atoms with Gasteiger partial charge in [-0.1, -0.05) is 18.2 Å². The first kappa shape index (κ1) is 19.6. The molecule has 0 radical (unpaired) electrons. The average Bonchev–Trinajstić information content (AvgIpc) is 3.16. The van der Waals surface area contributed by atoms with Gasteiger partial charge in [-0.15, -0.1) is 0 Å². The monoisotopic (exact) mass is 419 g/mol. The molecule has 0 atom stereocenters. The van der Waals surface area contributed by atoms with Crippen molar-refractivity contribution in [2.45, 2.75) is 26.2 Å². The summed E-state index contributed by atoms with van der Waals surface area (Å²) in [5.41, 5.74) is 11.6. The van der Waals surface area contributed by atoms with Gasteiger partial charge >= 0.3 is 0 Å². The highest BCUT2D eigenvalue weighted by molar-refractivity contribution is 6.06. The fraction of sp³-hybridized carbons (Fsp3) is 0.160. The van der Waals surface area contributed by atoms with Gasteiger partial charge in [-0.05, 0) is 56.2 Å². The number of nitrogen functional groups attached to an aromatic ring is 1. The molecule has 7 heteroatoms. The van der Waals surface area contributed by atoms with Crippen molar-refractivity contribution in [3.05, 3.63) is 72.3 Å². The van der Waals surface area contributed by atoms with E-state index in [9.17, 15) is 5.26 Å². The third-order valence-electron chi connectivity index (χ3n) is 5.81. The van der Waals surface area contributed by atoms with E-state index in [1.54, 1.807) is 12.4 Å². The van der Waals surface area contributed by atoms with Gasteiger partial charge in [0.1, 0.15) is 0 Å². The van der Waals surface area contributed by atoms with Crippen LogP contribution in [-0.2, 0) is 5.41 Å². The Hall–Kier alpha value is -4.31. The number of benzene rings is 2. The predicted octanol–water partition coefficient (Wildman–Crippen LogP) is 4.72. The summed E-state index contributed by atoms with van der Waals surface area (Å²) in [6.07, 6.45) is 5.31. The van der Waals surface area contributed by atoms with Crippen LogP contribution >= 0.6 is 0 Å². The minimum Gasteiger partial charge on any atom is -0.368 e. The maximum Gasteiger partial charge on any atom is 0.219 e. The first-order valence-electron chi connectivity index (χ1n) is 10.3. The van der Waals surface area contributed by atoms with Gasteiger partial charge in [-0.2, -0.15) is 10.4 Å². The van der Waals surface area contributed by atoms with Gasteiger partial charge in [0.2, 0.25) is 5.95 Å². The zero-order valence-electron chi connectivity index (χ0n) is 18.0. The highest BCUT2D eigenvalue weighted by Crippen LogP contribution is 2.32. The molecule has 32 heavy (non-hydrogen) atoms. The summed E-state index contributed by atoms with van der Waals surface area (Å²) in [5, 5.41) is 16.2. The molecule has 2 N–H and O–H groups in total. The average molecular weight is 419 g/mol. The van der Waals surface area contributed by atoms with Gasteiger partial charge in [0.25, 0.3) is 0 Å². The summed E-state index contributed by atoms with van der Waals surface area (Å²) in [4.78, 5) is 12.9. The van der Waals surface area contributed by atoms with Crippen molar-refractivity contribution in [1.29, 1.82) is 5.26 Å². The quantitative estimate of drug-likeness (QED) is 0.453. The highest BCUT2D eigenvalue weighted by Gasteiger charge is 2.20. The van der Waals surface area contributed by atoms with Crippen molar-refractivity contribution < 1.29 is 0 Å². The van der Waals surface area contributed by atoms with E-state index in [2.05, 4.69) is 27.1 Å². The molecule has 0 amide bonds. The van der Waals surface area contributed by atoms with E-state index < -0.39 is 5.41 Å². The molecule has 0 saturated heterocycles. The molecule has 0 aliphatic heterocycles. The molecule has 7 nitrogen and oxygen atoms in total. The molecule has 0 aliphatic carbocycles. The van der Waals surface area contributed by atoms with Crippen LogP contribution in [0, 0.1) is 18.3 Å². The van der Waals surface area contributed by atoms with Gasteiger partial charge in [-0.25, -0.2) is 14.6 Å². The smallest absolute Gasteiger partial charge is 0.219 e. The minimum absolute atomic E-state index is 0.246. The van der Waals surface area contributed by atoms with Crippen molar-refractivity contribution >= 4 is 27.8 Å². The van der Waals surface area contributed by atoms with Gasteiger partial charge < -0.3 is 5.73 Å². The topological polar surface area (TPSA) is 106 Å². The van der Waals surface area contributed by atoms with Crippen LogP contribution in [0.15, 0.2) is 61.1 Å². The second-order valence-electron chi connectivity index (χ2n) is 8.36. The second-order valence-corrected chi connectivity index (χ2v) is 8.36. The van der Waals surface area contributed by atoms with Crippen LogP contribution in [0.5, 0.6) is 0 Å². The lowest BCUT2D eigenvalue weighted by Crippen LogP contribution is -2.13. The Morgan fingerprint density at radius 2 is 1.62 bits per heavy atom. The fourth-order valence-electron chi connectivity index (χ4n) is 3.86. The number of aromatic nitrogens is 5. The van der Waals surface area contributed by atoms with Crippen molar-refractivity contribution in [1.82, 2.24) is 24.7 Å². The molecule has 0 bridgehead atoms. The Balaban J connectivity index is 1.72. The zero-order valence-corrected chi connectivity index (χ0v) is 18.0. The molecule has 5 aromatic rings. The van der Waals surface area contributed by atoms with Gasteiger partial charge in [0.05, 0.1) is 33.9 Å². The first-order valence-corrected chi connectivity index (χ1v) is 10.3. The van der Waals surface area contributed by atoms with Crippen LogP contribution in [0.1, 0.15) is 25.1 Å². The number of pyridine rings is 1. The Bertz CT molecular complexity index is 1510. The minimum atomic E-state index is -0.548. The third-order valence-corrected chi connectivity index (χ3v) is 5.81. The Morgan fingerprint density at radius 3 is 2.31 bits per heavy atom. The maximum absolute atomic E-state index is 9.44. The Kier molecular flexibility index (Phi) is 4.38. The SMILES string of the molecule is Cc1nn(-c2ccc(C(C)(C)C#N)cc2)c2c1cnc1ccc(-c3cnc(N)nc3)cc12. The summed E-state index contributed by atoms with van der Waals surface area (Å²) >= 11 is 0. The van der Waals surface area contributed by atoms with Crippen molar-refractivity contribution in [2.75, 3.05) is 5.73 Å². The van der Waals surface area contributed by atoms with Crippen LogP contribution < -0.4 is 5.73 Å². The zero-order chi connectivity index (χ0) is 22.5. The Morgan fingerprint density at radius 1 is 0.906 bits per heavy atom. The van der Waals surface area contributed by atoms with E-state index in [1.165, 1.54) is 0 Å². The Labute approximate surface area is 185 Å². The van der Waals surface area contributed by atoms with E-state index in [4.69, 9.17) is 10.8 Å². The molecule has 156 valence electrons. The standard InChI is InChI=1S/C25H21N7/c1-15-21-13-28-22-9-4-16(17-11-29-24(27)30-12-17)10-20(22)23(21)32(31-15)19-7-5-18(6-8-19)25(2,3)14-26/h4-13H,1-3H3,(H2,27,29,30). The predicted molar refractivity (Wildman–Crippen MR) is 125 cm³/mol. The van der Waals surface area contributed by atoms with Crippen molar-refractivity contribution in [3.63, 3.8) is 0 Å². The van der Waals surface area contributed by atoms with Gasteiger partial charge in [0, 0.05) is 34.9 Å². The van der Waals surface area contributed by atoms with Gasteiger partial charge in [-0.3, -0.25) is 4.98 Å². The molecular formula is C25H21N7. The van der Waals surface area contributed by atoms with Crippen LogP contribution in [0.4, 0.5) is 5.95 Å². The van der Waals surface area contributed by atoms with Crippen LogP contribution in [0.25, 0.3) is 38.6 Å². The molecule has 0 fully saturated rings. The number of hydrogen-bond donors (Lipinski definition) is 1.